The predicted molar refractivity (Wildman–Crippen MR) is 131 cm³/mol. The Morgan fingerprint density at radius 1 is 1.20 bits per heavy atom. The van der Waals surface area contributed by atoms with Crippen molar-refractivity contribution in [3.63, 3.8) is 0 Å². The third-order valence-corrected chi connectivity index (χ3v) is 6.38. The van der Waals surface area contributed by atoms with E-state index < -0.39 is 23.8 Å². The van der Waals surface area contributed by atoms with Gasteiger partial charge in [-0.05, 0) is 81.8 Å². The first-order valence-corrected chi connectivity index (χ1v) is 12.1. The van der Waals surface area contributed by atoms with Gasteiger partial charge in [-0.25, -0.2) is 9.78 Å². The van der Waals surface area contributed by atoms with Crippen LogP contribution in [0.15, 0.2) is 36.5 Å². The Morgan fingerprint density at radius 2 is 1.97 bits per heavy atom. The van der Waals surface area contributed by atoms with Crippen molar-refractivity contribution in [1.29, 1.82) is 0 Å². The summed E-state index contributed by atoms with van der Waals surface area (Å²) in [4.78, 5) is 31.5. The first kappa shape index (κ1) is 24.8. The molecule has 1 fully saturated rings. The van der Waals surface area contributed by atoms with Crippen LogP contribution in [-0.2, 0) is 17.7 Å². The molecule has 35 heavy (non-hydrogen) atoms. The number of benzene rings is 1. The number of hydrogen-bond acceptors (Lipinski definition) is 7. The van der Waals surface area contributed by atoms with Crippen LogP contribution in [0.1, 0.15) is 61.5 Å². The Balaban J connectivity index is 1.44. The van der Waals surface area contributed by atoms with E-state index in [0.29, 0.717) is 23.8 Å². The topological polar surface area (TPSA) is 124 Å². The number of anilines is 1. The second-order valence-corrected chi connectivity index (χ2v) is 10.3. The number of rotatable bonds is 6. The number of aliphatic hydroxyl groups excluding tert-OH is 1. The monoisotopic (exact) mass is 482 g/mol. The summed E-state index contributed by atoms with van der Waals surface area (Å²) in [5.74, 6) is 0.446. The number of nitrogens with zero attached hydrogens (tertiary/aromatic N) is 2. The molecule has 2 amide bonds. The molecule has 9 nitrogen and oxygen atoms in total. The number of amides is 2. The summed E-state index contributed by atoms with van der Waals surface area (Å²) < 4.78 is 5.57. The zero-order chi connectivity index (χ0) is 25.2. The van der Waals surface area contributed by atoms with E-state index in [0.717, 1.165) is 24.0 Å². The summed E-state index contributed by atoms with van der Waals surface area (Å²) >= 11 is 0. The number of carbonyl (C=O) groups is 2. The third-order valence-electron chi connectivity index (χ3n) is 6.38. The Kier molecular flexibility index (Phi) is 7.16. The Morgan fingerprint density at radius 3 is 2.66 bits per heavy atom. The number of nitrogens with one attached hydrogen (secondary N) is 2. The Bertz CT molecular complexity index is 1080. The summed E-state index contributed by atoms with van der Waals surface area (Å²) in [5.41, 5.74) is 1.47. The number of pyridine rings is 1. The molecule has 188 valence electrons. The highest BCUT2D eigenvalue weighted by molar-refractivity contribution is 5.94. The van der Waals surface area contributed by atoms with Gasteiger partial charge >= 0.3 is 6.09 Å². The molecular formula is C26H34N4O5. The minimum Gasteiger partial charge on any atom is -0.508 e. The van der Waals surface area contributed by atoms with Gasteiger partial charge in [0.15, 0.2) is 0 Å². The van der Waals surface area contributed by atoms with Gasteiger partial charge in [0.1, 0.15) is 17.2 Å². The molecule has 0 radical (unpaired) electrons. The standard InChI is InChI=1S/C26H34N4O5/c1-26(2,3)35-25(34)30-15-18-11-20(31)8-7-16(18)12-21(30)22(32)14-28-24(33)17-9-10-27-23(13-17)29-19-5-4-6-19/h7-11,13,19,21-22,31-32H,4-6,12,14-15H2,1-3H3,(H,27,29)(H,28,33)/t21-,22+/m0/s1. The van der Waals surface area contributed by atoms with Gasteiger partial charge < -0.3 is 25.6 Å². The normalized spacial score (nSPS) is 18.7. The van der Waals surface area contributed by atoms with Crippen LogP contribution < -0.4 is 10.6 Å². The van der Waals surface area contributed by atoms with Crippen LogP contribution >= 0.6 is 0 Å². The quantitative estimate of drug-likeness (QED) is 0.498. The summed E-state index contributed by atoms with van der Waals surface area (Å²) in [7, 11) is 0. The van der Waals surface area contributed by atoms with E-state index >= 15 is 0 Å². The fraction of sp³-hybridized carbons (Fsp3) is 0.500. The number of ether oxygens (including phenoxy) is 1. The van der Waals surface area contributed by atoms with Crippen LogP contribution in [0, 0.1) is 0 Å². The highest BCUT2D eigenvalue weighted by Crippen LogP contribution is 2.29. The lowest BCUT2D eigenvalue weighted by molar-refractivity contribution is -0.0113. The number of fused-ring (bicyclic) bond motifs is 1. The van der Waals surface area contributed by atoms with Gasteiger partial charge in [-0.2, -0.15) is 0 Å². The van der Waals surface area contributed by atoms with Gasteiger partial charge in [0, 0.05) is 30.9 Å². The zero-order valence-electron chi connectivity index (χ0n) is 20.5. The minimum atomic E-state index is -1.03. The molecule has 0 spiro atoms. The maximum Gasteiger partial charge on any atom is 0.410 e. The van der Waals surface area contributed by atoms with Gasteiger partial charge in [0.25, 0.3) is 5.91 Å². The molecule has 2 aliphatic rings. The molecule has 2 heterocycles. The average Bonchev–Trinajstić information content (AvgIpc) is 2.77. The zero-order valence-corrected chi connectivity index (χ0v) is 20.5. The number of carbonyl (C=O) groups excluding carboxylic acids is 2. The van der Waals surface area contributed by atoms with E-state index in [1.807, 2.05) is 0 Å². The largest absolute Gasteiger partial charge is 0.508 e. The molecule has 1 aliphatic carbocycles. The fourth-order valence-electron chi connectivity index (χ4n) is 4.31. The van der Waals surface area contributed by atoms with Gasteiger partial charge in [0.05, 0.1) is 12.1 Å². The molecule has 9 heteroatoms. The van der Waals surface area contributed by atoms with Crippen LogP contribution in [0.2, 0.25) is 0 Å². The van der Waals surface area contributed by atoms with Crippen LogP contribution in [0.25, 0.3) is 0 Å². The van der Waals surface area contributed by atoms with Crippen LogP contribution in [-0.4, -0.2) is 62.4 Å². The van der Waals surface area contributed by atoms with Crippen LogP contribution in [0.4, 0.5) is 10.6 Å². The van der Waals surface area contributed by atoms with E-state index in [-0.39, 0.29) is 24.7 Å². The number of hydrogen-bond donors (Lipinski definition) is 4. The highest BCUT2D eigenvalue weighted by Gasteiger charge is 2.37. The first-order valence-electron chi connectivity index (χ1n) is 12.1. The highest BCUT2D eigenvalue weighted by atomic mass is 16.6. The summed E-state index contributed by atoms with van der Waals surface area (Å²) in [6.07, 6.45) is 3.78. The molecule has 0 bridgehead atoms. The third kappa shape index (κ3) is 6.22. The van der Waals surface area contributed by atoms with Crippen molar-refractivity contribution >= 4 is 17.8 Å². The van der Waals surface area contributed by atoms with E-state index in [1.165, 1.54) is 11.3 Å². The number of phenols is 1. The van der Waals surface area contributed by atoms with E-state index in [9.17, 15) is 19.8 Å². The molecule has 0 unspecified atom stereocenters. The average molecular weight is 483 g/mol. The van der Waals surface area contributed by atoms with Crippen molar-refractivity contribution in [3.05, 3.63) is 53.2 Å². The van der Waals surface area contributed by atoms with Crippen LogP contribution in [0.5, 0.6) is 5.75 Å². The lowest BCUT2D eigenvalue weighted by Crippen LogP contribution is -2.54. The summed E-state index contributed by atoms with van der Waals surface area (Å²) in [6.45, 7) is 5.49. The Hall–Kier alpha value is -3.33. The van der Waals surface area contributed by atoms with Crippen molar-refractivity contribution in [3.8, 4) is 5.75 Å². The van der Waals surface area contributed by atoms with E-state index in [1.54, 1.807) is 57.3 Å². The molecule has 1 aromatic carbocycles. The van der Waals surface area contributed by atoms with E-state index in [2.05, 4.69) is 15.6 Å². The second-order valence-electron chi connectivity index (χ2n) is 10.3. The van der Waals surface area contributed by atoms with Gasteiger partial charge in [-0.15, -0.1) is 0 Å². The summed E-state index contributed by atoms with van der Waals surface area (Å²) in [6, 6.07) is 8.14. The lowest BCUT2D eigenvalue weighted by Gasteiger charge is -2.40. The molecule has 1 saturated carbocycles. The first-order chi connectivity index (χ1) is 16.6. The van der Waals surface area contributed by atoms with Gasteiger partial charge in [-0.3, -0.25) is 9.69 Å². The lowest BCUT2D eigenvalue weighted by atomic mass is 9.91. The van der Waals surface area contributed by atoms with Gasteiger partial charge in [0.2, 0.25) is 0 Å². The molecule has 4 N–H and O–H groups in total. The predicted octanol–water partition coefficient (Wildman–Crippen LogP) is 3.20. The maximum atomic E-state index is 13.0. The van der Waals surface area contributed by atoms with E-state index in [4.69, 9.17) is 4.74 Å². The summed E-state index contributed by atoms with van der Waals surface area (Å²) in [5, 5.41) is 27.0. The number of aromatic nitrogens is 1. The molecular weight excluding hydrogens is 448 g/mol. The van der Waals surface area contributed by atoms with Crippen molar-refractivity contribution in [2.45, 2.75) is 76.8 Å². The molecule has 2 aromatic rings. The van der Waals surface area contributed by atoms with Crippen molar-refractivity contribution in [2.24, 2.45) is 0 Å². The number of phenolic OH excluding ortho intramolecular Hbond substituents is 1. The van der Waals surface area contributed by atoms with Crippen molar-refractivity contribution < 1.29 is 24.5 Å². The molecule has 2 atom stereocenters. The van der Waals surface area contributed by atoms with Crippen molar-refractivity contribution in [2.75, 3.05) is 11.9 Å². The number of aliphatic hydroxyl groups is 1. The molecule has 1 aliphatic heterocycles. The van der Waals surface area contributed by atoms with Crippen LogP contribution in [0.3, 0.4) is 0 Å². The molecule has 0 saturated heterocycles. The van der Waals surface area contributed by atoms with Gasteiger partial charge in [-0.1, -0.05) is 6.07 Å². The second kappa shape index (κ2) is 10.1. The SMILES string of the molecule is CC(C)(C)OC(=O)N1Cc2cc(O)ccc2C[C@H]1[C@H](O)CNC(=O)c1ccnc(NC2CCC2)c1. The smallest absolute Gasteiger partial charge is 0.410 e. The fourth-order valence-corrected chi connectivity index (χ4v) is 4.31. The maximum absolute atomic E-state index is 13.0. The Labute approximate surface area is 205 Å². The molecule has 1 aromatic heterocycles. The molecule has 4 rings (SSSR count). The van der Waals surface area contributed by atoms with Crippen molar-refractivity contribution in [1.82, 2.24) is 15.2 Å². The minimum absolute atomic E-state index is 0.0378. The number of aromatic hydroxyl groups is 1.